The molecule has 0 spiro atoms. The van der Waals surface area contributed by atoms with E-state index in [0.29, 0.717) is 44.5 Å². The number of aromatic nitrogens is 2. The fourth-order valence-corrected chi connectivity index (χ4v) is 5.12. The number of fused-ring (bicyclic) bond motifs is 2. The van der Waals surface area contributed by atoms with Gasteiger partial charge in [-0.2, -0.15) is 0 Å². The molecular weight excluding hydrogens is 730 g/mol. The molecule has 0 aliphatic carbocycles. The summed E-state index contributed by atoms with van der Waals surface area (Å²) in [6.45, 7) is 0.177. The number of methoxy groups -OCH3 is 1. The molecule has 6 rings (SSSR count). The summed E-state index contributed by atoms with van der Waals surface area (Å²) in [6.07, 6.45) is 0. The Morgan fingerprint density at radius 2 is 1.02 bits per heavy atom. The third-order valence-electron chi connectivity index (χ3n) is 7.60. The highest BCUT2D eigenvalue weighted by atomic mass is 16.5. The second-order valence-electron chi connectivity index (χ2n) is 11.5. The van der Waals surface area contributed by atoms with Crippen LogP contribution in [0.4, 0.5) is 5.69 Å². The molecule has 7 N–H and O–H groups in total. The maximum Gasteiger partial charge on any atom is 0.322 e. The molecule has 0 saturated heterocycles. The van der Waals surface area contributed by atoms with Crippen LogP contribution in [0.1, 0.15) is 27.9 Å². The predicted octanol–water partition coefficient (Wildman–Crippen LogP) is 5.06. The van der Waals surface area contributed by atoms with Gasteiger partial charge in [0, 0.05) is 34.2 Å². The first-order valence-electron chi connectivity index (χ1n) is 16.5. The van der Waals surface area contributed by atoms with Crippen molar-refractivity contribution in [3.8, 4) is 40.5 Å². The first-order chi connectivity index (χ1) is 26.9. The van der Waals surface area contributed by atoms with Crippen molar-refractivity contribution in [3.05, 3.63) is 108 Å². The van der Waals surface area contributed by atoms with Crippen LogP contribution in [0.25, 0.3) is 21.5 Å². The van der Waals surface area contributed by atoms with Crippen LogP contribution in [0.5, 0.6) is 40.5 Å². The Morgan fingerprint density at radius 1 is 0.589 bits per heavy atom. The van der Waals surface area contributed by atoms with Crippen molar-refractivity contribution in [2.24, 2.45) is 0 Å². The van der Waals surface area contributed by atoms with E-state index >= 15 is 0 Å². The fraction of sp³-hybridized carbons (Fsp3) is 0.103. The van der Waals surface area contributed by atoms with Gasteiger partial charge in [-0.15, -0.1) is 0 Å². The Bertz CT molecular complexity index is 2450. The van der Waals surface area contributed by atoms with Gasteiger partial charge in [-0.25, -0.2) is 9.97 Å². The average Bonchev–Trinajstić information content (AvgIpc) is 3.19. The van der Waals surface area contributed by atoms with Gasteiger partial charge in [0.05, 0.1) is 7.11 Å². The minimum absolute atomic E-state index is 0.0613. The van der Waals surface area contributed by atoms with Gasteiger partial charge in [-0.3, -0.25) is 24.0 Å². The molecule has 0 saturated carbocycles. The number of hydrogen-bond acceptors (Lipinski definition) is 12. The van der Waals surface area contributed by atoms with E-state index in [4.69, 9.17) is 24.4 Å². The van der Waals surface area contributed by atoms with Gasteiger partial charge in [0.2, 0.25) is 17.7 Å². The highest BCUT2D eigenvalue weighted by Crippen LogP contribution is 2.38. The van der Waals surface area contributed by atoms with Gasteiger partial charge in [-0.05, 0) is 48.5 Å². The quantitative estimate of drug-likeness (QED) is 0.0860. The van der Waals surface area contributed by atoms with Crippen LogP contribution in [-0.2, 0) is 14.4 Å². The summed E-state index contributed by atoms with van der Waals surface area (Å²) in [6, 6.07) is 26.8. The van der Waals surface area contributed by atoms with Crippen molar-refractivity contribution in [2.45, 2.75) is 6.92 Å². The van der Waals surface area contributed by atoms with Gasteiger partial charge in [-0.1, -0.05) is 48.5 Å². The molecule has 2 heterocycles. The number of aromatic hydroxyl groups is 2. The number of carboxylic acids is 2. The Balaban J connectivity index is 0.000000215. The fourth-order valence-electron chi connectivity index (χ4n) is 5.12. The average molecular weight is 764 g/mol. The van der Waals surface area contributed by atoms with Crippen molar-refractivity contribution in [3.63, 3.8) is 0 Å². The first-order valence-corrected chi connectivity index (χ1v) is 16.5. The summed E-state index contributed by atoms with van der Waals surface area (Å²) in [5.74, 6) is -3.69. The zero-order valence-electron chi connectivity index (χ0n) is 29.6. The number of pyridine rings is 2. The number of rotatable bonds is 12. The molecule has 0 fully saturated rings. The van der Waals surface area contributed by atoms with Gasteiger partial charge in [0.25, 0.3) is 11.8 Å². The van der Waals surface area contributed by atoms with Crippen molar-refractivity contribution >= 4 is 56.9 Å². The Morgan fingerprint density at radius 3 is 1.46 bits per heavy atom. The first kappa shape index (κ1) is 39.3. The number of benzene rings is 4. The third-order valence-corrected chi connectivity index (χ3v) is 7.60. The van der Waals surface area contributed by atoms with Crippen molar-refractivity contribution in [1.82, 2.24) is 20.6 Å². The number of carbonyl (C=O) groups excluding carboxylic acids is 3. The molecular formula is C39H33N5O12. The monoisotopic (exact) mass is 763 g/mol. The number of anilines is 1. The molecule has 0 aliphatic heterocycles. The zero-order valence-corrected chi connectivity index (χ0v) is 29.6. The number of nitrogens with zero attached hydrogens (tertiary/aromatic N) is 2. The Labute approximate surface area is 317 Å². The van der Waals surface area contributed by atoms with E-state index in [2.05, 4.69) is 25.9 Å². The molecule has 0 radical (unpaired) electrons. The minimum atomic E-state index is -1.23. The van der Waals surface area contributed by atoms with Crippen LogP contribution in [0, 0.1) is 0 Å². The predicted molar refractivity (Wildman–Crippen MR) is 201 cm³/mol. The lowest BCUT2D eigenvalue weighted by Gasteiger charge is -2.14. The van der Waals surface area contributed by atoms with Gasteiger partial charge >= 0.3 is 11.9 Å². The lowest BCUT2D eigenvalue weighted by atomic mass is 10.1. The van der Waals surface area contributed by atoms with Crippen molar-refractivity contribution < 1.29 is 58.6 Å². The summed E-state index contributed by atoms with van der Waals surface area (Å²) < 4.78 is 16.9. The zero-order chi connectivity index (χ0) is 40.4. The molecule has 56 heavy (non-hydrogen) atoms. The van der Waals surface area contributed by atoms with Crippen molar-refractivity contribution in [2.75, 3.05) is 25.5 Å². The normalized spacial score (nSPS) is 10.4. The highest BCUT2D eigenvalue weighted by Gasteiger charge is 2.22. The van der Waals surface area contributed by atoms with Crippen LogP contribution < -0.4 is 30.2 Å². The maximum atomic E-state index is 12.3. The molecule has 3 amide bonds. The summed E-state index contributed by atoms with van der Waals surface area (Å²) in [7, 11) is 1.50. The van der Waals surface area contributed by atoms with Gasteiger partial charge in [0.15, 0.2) is 34.4 Å². The molecule has 0 bridgehead atoms. The van der Waals surface area contributed by atoms with E-state index in [1.807, 2.05) is 0 Å². The van der Waals surface area contributed by atoms with E-state index in [-0.39, 0.29) is 40.6 Å². The van der Waals surface area contributed by atoms with Crippen LogP contribution in [0.2, 0.25) is 0 Å². The van der Waals surface area contributed by atoms with Crippen LogP contribution >= 0.6 is 0 Å². The standard InChI is InChI=1S/C20H17N3O6.C19H16N2O6/c1-11(24)22-12-6-8-13(9-7-12)29-20-15-5-3-2-4-14(15)18(27)17(23-20)19(28)21-10-16(25)26;1-26-13-8-4-5-9-14(13)27-19-12-7-3-2-6-11(12)17(24)16(21-19)18(25)20-10-15(22)23/h2-9,27H,10H2,1H3,(H,21,28)(H,22,24)(H,25,26);2-9,24H,10H2,1H3,(H,20,25)(H,22,23). The molecule has 286 valence electrons. The maximum absolute atomic E-state index is 12.3. The van der Waals surface area contributed by atoms with Gasteiger partial charge < -0.3 is 50.6 Å². The smallest absolute Gasteiger partial charge is 0.322 e. The van der Waals surface area contributed by atoms with Crippen LogP contribution in [0.15, 0.2) is 97.1 Å². The second kappa shape index (κ2) is 17.7. The number of ether oxygens (including phenoxy) is 3. The molecule has 6 aromatic rings. The third kappa shape index (κ3) is 9.53. The largest absolute Gasteiger partial charge is 0.505 e. The Kier molecular flexibility index (Phi) is 12.4. The van der Waals surface area contributed by atoms with Crippen LogP contribution in [-0.4, -0.2) is 80.3 Å². The van der Waals surface area contributed by atoms with E-state index in [0.717, 1.165) is 0 Å². The lowest BCUT2D eigenvalue weighted by molar-refractivity contribution is -0.136. The molecule has 2 aromatic heterocycles. The lowest BCUT2D eigenvalue weighted by Crippen LogP contribution is -2.30. The number of hydrogen-bond donors (Lipinski definition) is 7. The number of aliphatic carboxylic acids is 2. The summed E-state index contributed by atoms with van der Waals surface area (Å²) in [4.78, 5) is 65.2. The summed E-state index contributed by atoms with van der Waals surface area (Å²) in [5, 5.41) is 46.9. The summed E-state index contributed by atoms with van der Waals surface area (Å²) in [5.41, 5.74) is -0.100. The Hall–Kier alpha value is -7.95. The number of carboxylic acid groups (broad SMARTS) is 2. The minimum Gasteiger partial charge on any atom is -0.505 e. The highest BCUT2D eigenvalue weighted by molar-refractivity contribution is 6.05. The molecule has 0 aliphatic rings. The number of para-hydroxylation sites is 2. The second-order valence-corrected chi connectivity index (χ2v) is 11.5. The molecule has 17 nitrogen and oxygen atoms in total. The van der Waals surface area contributed by atoms with E-state index in [9.17, 15) is 34.2 Å². The summed E-state index contributed by atoms with van der Waals surface area (Å²) >= 11 is 0. The van der Waals surface area contributed by atoms with E-state index in [1.165, 1.54) is 14.0 Å². The van der Waals surface area contributed by atoms with Crippen LogP contribution in [0.3, 0.4) is 0 Å². The molecule has 17 heteroatoms. The number of amides is 3. The molecule has 4 aromatic carbocycles. The van der Waals surface area contributed by atoms with Crippen molar-refractivity contribution in [1.29, 1.82) is 0 Å². The SMILES string of the molecule is CC(=O)Nc1ccc(Oc2nc(C(=O)NCC(=O)O)c(O)c3ccccc23)cc1.COc1ccccc1Oc1nc(C(=O)NCC(=O)O)c(O)c2ccccc12. The number of nitrogens with one attached hydrogen (secondary N) is 3. The van der Waals surface area contributed by atoms with E-state index in [1.54, 1.807) is 97.1 Å². The topological polar surface area (TPSA) is 256 Å². The van der Waals surface area contributed by atoms with Gasteiger partial charge in [0.1, 0.15) is 18.8 Å². The van der Waals surface area contributed by atoms with E-state index < -0.39 is 36.8 Å². The molecule has 0 unspecified atom stereocenters. The number of carbonyl (C=O) groups is 5. The molecule has 0 atom stereocenters.